The van der Waals surface area contributed by atoms with Crippen LogP contribution >= 0.6 is 0 Å². The number of anilines is 2. The minimum absolute atomic E-state index is 0.226. The molecule has 0 unspecified atom stereocenters. The van der Waals surface area contributed by atoms with Crippen molar-refractivity contribution >= 4 is 11.8 Å². The normalized spacial score (nSPS) is 23.0. The van der Waals surface area contributed by atoms with Gasteiger partial charge in [0.2, 0.25) is 5.95 Å². The lowest BCUT2D eigenvalue weighted by Gasteiger charge is -2.18. The quantitative estimate of drug-likeness (QED) is 0.900. The van der Waals surface area contributed by atoms with Gasteiger partial charge in [0.15, 0.2) is 11.6 Å². The number of hydrogen-bond donors (Lipinski definition) is 1. The summed E-state index contributed by atoms with van der Waals surface area (Å²) in [6, 6.07) is 0. The van der Waals surface area contributed by atoms with Gasteiger partial charge in [0.1, 0.15) is 0 Å². The fourth-order valence-corrected chi connectivity index (χ4v) is 2.60. The molecule has 0 amide bonds. The molecule has 0 saturated carbocycles. The Labute approximate surface area is 112 Å². The van der Waals surface area contributed by atoms with E-state index in [0.717, 1.165) is 45.4 Å². The summed E-state index contributed by atoms with van der Waals surface area (Å²) in [5, 5.41) is 3.14. The van der Waals surface area contributed by atoms with Crippen LogP contribution in [-0.2, 0) is 4.74 Å². The third kappa shape index (κ3) is 2.94. The number of halogens is 1. The number of ether oxygens (including phenoxy) is 1. The average molecular weight is 266 g/mol. The Morgan fingerprint density at radius 2 is 2.21 bits per heavy atom. The summed E-state index contributed by atoms with van der Waals surface area (Å²) < 4.78 is 19.3. The zero-order chi connectivity index (χ0) is 13.1. The lowest BCUT2D eigenvalue weighted by Crippen LogP contribution is -2.23. The summed E-state index contributed by atoms with van der Waals surface area (Å²) in [6.45, 7) is 3.26. The second-order valence-electron chi connectivity index (χ2n) is 5.08. The van der Waals surface area contributed by atoms with Gasteiger partial charge in [0.25, 0.3) is 0 Å². The molecule has 104 valence electrons. The molecule has 2 aliphatic rings. The second kappa shape index (κ2) is 5.69. The highest BCUT2D eigenvalue weighted by atomic mass is 19.1. The first-order valence-electron chi connectivity index (χ1n) is 6.96. The Morgan fingerprint density at radius 3 is 2.95 bits per heavy atom. The van der Waals surface area contributed by atoms with Gasteiger partial charge in [-0.05, 0) is 25.7 Å². The van der Waals surface area contributed by atoms with Gasteiger partial charge in [-0.1, -0.05) is 0 Å². The fraction of sp³-hybridized carbons (Fsp3) is 0.692. The first-order valence-corrected chi connectivity index (χ1v) is 6.96. The number of hydrogen-bond acceptors (Lipinski definition) is 5. The molecule has 1 aromatic heterocycles. The van der Waals surface area contributed by atoms with Gasteiger partial charge in [-0.3, -0.25) is 0 Å². The molecule has 0 radical (unpaired) electrons. The molecule has 2 aliphatic heterocycles. The Morgan fingerprint density at radius 1 is 1.37 bits per heavy atom. The lowest BCUT2D eigenvalue weighted by atomic mass is 10.2. The smallest absolute Gasteiger partial charge is 0.224 e. The minimum atomic E-state index is -0.343. The number of nitrogens with one attached hydrogen (secondary N) is 1. The first-order chi connectivity index (χ1) is 9.33. The number of aromatic nitrogens is 2. The van der Waals surface area contributed by atoms with Crippen LogP contribution in [0.4, 0.5) is 16.2 Å². The van der Waals surface area contributed by atoms with Gasteiger partial charge in [-0.25, -0.2) is 9.37 Å². The van der Waals surface area contributed by atoms with Crippen LogP contribution in [0.5, 0.6) is 0 Å². The van der Waals surface area contributed by atoms with E-state index in [1.165, 1.54) is 6.20 Å². The second-order valence-corrected chi connectivity index (χ2v) is 5.08. The summed E-state index contributed by atoms with van der Waals surface area (Å²) in [5.41, 5.74) is 0. The van der Waals surface area contributed by atoms with Gasteiger partial charge in [0.05, 0.1) is 12.3 Å². The van der Waals surface area contributed by atoms with Crippen LogP contribution in [0, 0.1) is 5.82 Å². The predicted molar refractivity (Wildman–Crippen MR) is 70.9 cm³/mol. The predicted octanol–water partition coefficient (Wildman–Crippen LogP) is 1.81. The van der Waals surface area contributed by atoms with E-state index in [9.17, 15) is 4.39 Å². The highest BCUT2D eigenvalue weighted by molar-refractivity contribution is 5.44. The monoisotopic (exact) mass is 266 g/mol. The van der Waals surface area contributed by atoms with E-state index in [0.29, 0.717) is 18.3 Å². The third-order valence-corrected chi connectivity index (χ3v) is 3.64. The summed E-state index contributed by atoms with van der Waals surface area (Å²) >= 11 is 0. The lowest BCUT2D eigenvalue weighted by molar-refractivity contribution is 0.120. The molecule has 1 aromatic rings. The van der Waals surface area contributed by atoms with E-state index in [1.807, 2.05) is 4.90 Å². The molecule has 1 N–H and O–H groups in total. The van der Waals surface area contributed by atoms with Crippen LogP contribution in [0.1, 0.15) is 25.7 Å². The van der Waals surface area contributed by atoms with Crippen molar-refractivity contribution in [2.24, 2.45) is 0 Å². The topological polar surface area (TPSA) is 50.3 Å². The van der Waals surface area contributed by atoms with Crippen LogP contribution < -0.4 is 10.2 Å². The largest absolute Gasteiger partial charge is 0.376 e. The van der Waals surface area contributed by atoms with Crippen LogP contribution in [0.3, 0.4) is 0 Å². The molecule has 19 heavy (non-hydrogen) atoms. The molecule has 5 nitrogen and oxygen atoms in total. The van der Waals surface area contributed by atoms with E-state index in [-0.39, 0.29) is 11.9 Å². The highest BCUT2D eigenvalue weighted by Crippen LogP contribution is 2.22. The summed E-state index contributed by atoms with van der Waals surface area (Å²) in [6.07, 6.45) is 5.84. The molecule has 2 saturated heterocycles. The average Bonchev–Trinajstić information content (AvgIpc) is 3.11. The van der Waals surface area contributed by atoms with E-state index in [1.54, 1.807) is 0 Å². The van der Waals surface area contributed by atoms with Crippen molar-refractivity contribution in [2.75, 3.05) is 36.5 Å². The molecular formula is C13H19FN4O. The molecule has 1 atom stereocenters. The molecule has 0 bridgehead atoms. The molecule has 3 heterocycles. The van der Waals surface area contributed by atoms with E-state index >= 15 is 0 Å². The molecule has 2 fully saturated rings. The Bertz CT molecular complexity index is 431. The fourth-order valence-electron chi connectivity index (χ4n) is 2.60. The Hall–Kier alpha value is -1.43. The molecule has 6 heteroatoms. The first kappa shape index (κ1) is 12.6. The van der Waals surface area contributed by atoms with Crippen molar-refractivity contribution in [2.45, 2.75) is 31.8 Å². The molecular weight excluding hydrogens is 247 g/mol. The van der Waals surface area contributed by atoms with Crippen molar-refractivity contribution in [1.29, 1.82) is 0 Å². The standard InChI is InChI=1S/C13H19FN4O/c14-11-9-16-13(15-8-10-4-3-7-19-10)17-12(11)18-5-1-2-6-18/h9-10H,1-8H2,(H,15,16,17)/t10-/m0/s1. The van der Waals surface area contributed by atoms with Crippen LogP contribution in [-0.4, -0.2) is 42.3 Å². The van der Waals surface area contributed by atoms with Crippen molar-refractivity contribution in [3.63, 3.8) is 0 Å². The SMILES string of the molecule is Fc1cnc(NC[C@@H]2CCCO2)nc1N1CCCC1. The van der Waals surface area contributed by atoms with E-state index in [2.05, 4.69) is 15.3 Å². The molecule has 0 aromatic carbocycles. The van der Waals surface area contributed by atoms with Crippen LogP contribution in [0.25, 0.3) is 0 Å². The third-order valence-electron chi connectivity index (χ3n) is 3.64. The van der Waals surface area contributed by atoms with Crippen LogP contribution in [0.15, 0.2) is 6.20 Å². The van der Waals surface area contributed by atoms with Gasteiger partial charge in [-0.2, -0.15) is 4.98 Å². The van der Waals surface area contributed by atoms with Crippen LogP contribution in [0.2, 0.25) is 0 Å². The molecule has 0 aliphatic carbocycles. The summed E-state index contributed by atoms with van der Waals surface area (Å²) in [7, 11) is 0. The number of rotatable bonds is 4. The maximum absolute atomic E-state index is 13.7. The molecule has 0 spiro atoms. The van der Waals surface area contributed by atoms with Crippen molar-refractivity contribution in [1.82, 2.24) is 9.97 Å². The van der Waals surface area contributed by atoms with E-state index in [4.69, 9.17) is 4.74 Å². The highest BCUT2D eigenvalue weighted by Gasteiger charge is 2.19. The van der Waals surface area contributed by atoms with Crippen molar-refractivity contribution < 1.29 is 9.13 Å². The summed E-state index contributed by atoms with van der Waals surface area (Å²) in [4.78, 5) is 10.3. The van der Waals surface area contributed by atoms with Gasteiger partial charge in [0, 0.05) is 26.2 Å². The maximum atomic E-state index is 13.7. The Kier molecular flexibility index (Phi) is 3.77. The number of nitrogens with zero attached hydrogens (tertiary/aromatic N) is 3. The Balaban J connectivity index is 1.66. The zero-order valence-electron chi connectivity index (χ0n) is 10.9. The van der Waals surface area contributed by atoms with Crippen molar-refractivity contribution in [3.05, 3.63) is 12.0 Å². The van der Waals surface area contributed by atoms with Crippen molar-refractivity contribution in [3.8, 4) is 0 Å². The molecule has 3 rings (SSSR count). The summed E-state index contributed by atoms with van der Waals surface area (Å²) in [5.74, 6) is 0.561. The van der Waals surface area contributed by atoms with Gasteiger partial charge >= 0.3 is 0 Å². The van der Waals surface area contributed by atoms with Gasteiger partial charge in [-0.15, -0.1) is 0 Å². The zero-order valence-corrected chi connectivity index (χ0v) is 10.9. The maximum Gasteiger partial charge on any atom is 0.224 e. The van der Waals surface area contributed by atoms with E-state index < -0.39 is 0 Å². The van der Waals surface area contributed by atoms with Gasteiger partial charge < -0.3 is 15.0 Å². The minimum Gasteiger partial charge on any atom is -0.376 e.